The second-order valence-corrected chi connectivity index (χ2v) is 6.23. The summed E-state index contributed by atoms with van der Waals surface area (Å²) in [6.07, 6.45) is 6.66. The zero-order chi connectivity index (χ0) is 12.9. The van der Waals surface area contributed by atoms with Gasteiger partial charge >= 0.3 is 5.97 Å². The van der Waals surface area contributed by atoms with Gasteiger partial charge in [0.1, 0.15) is 5.76 Å². The molecule has 0 amide bonds. The Bertz CT molecular complexity index is 525. The van der Waals surface area contributed by atoms with Crippen molar-refractivity contribution in [2.75, 3.05) is 5.33 Å². The number of fused-ring (bicyclic) bond motifs is 2. The number of alkyl halides is 1. The molecule has 1 atom stereocenters. The van der Waals surface area contributed by atoms with Gasteiger partial charge in [0.25, 0.3) is 0 Å². The van der Waals surface area contributed by atoms with E-state index in [0.717, 1.165) is 42.6 Å². The van der Waals surface area contributed by atoms with E-state index in [1.807, 2.05) is 0 Å². The first-order valence-electron chi connectivity index (χ1n) is 6.49. The van der Waals surface area contributed by atoms with Gasteiger partial charge in [-0.25, -0.2) is 4.79 Å². The minimum Gasteiger partial charge on any atom is -0.423 e. The third kappa shape index (κ3) is 1.56. The first kappa shape index (κ1) is 12.2. The van der Waals surface area contributed by atoms with Crippen LogP contribution in [-0.4, -0.2) is 11.3 Å². The lowest BCUT2D eigenvalue weighted by Crippen LogP contribution is -2.28. The number of hydrogen-bond acceptors (Lipinski definition) is 2. The van der Waals surface area contributed by atoms with Crippen molar-refractivity contribution in [1.29, 1.82) is 0 Å². The van der Waals surface area contributed by atoms with Crippen LogP contribution in [0.1, 0.15) is 39.5 Å². The lowest BCUT2D eigenvalue weighted by molar-refractivity contribution is -0.133. The summed E-state index contributed by atoms with van der Waals surface area (Å²) in [5.74, 6) is 0.712. The number of allylic oxidation sites excluding steroid dienone is 4. The maximum absolute atomic E-state index is 11.9. The minimum atomic E-state index is -0.160. The number of carbonyl (C=O) groups is 1. The van der Waals surface area contributed by atoms with Crippen LogP contribution >= 0.6 is 15.9 Å². The molecule has 0 N–H and O–H groups in total. The van der Waals surface area contributed by atoms with Crippen LogP contribution in [0.15, 0.2) is 34.1 Å². The Labute approximate surface area is 116 Å². The first-order valence-corrected chi connectivity index (χ1v) is 7.61. The molecule has 2 aliphatic carbocycles. The van der Waals surface area contributed by atoms with Gasteiger partial charge < -0.3 is 4.74 Å². The lowest BCUT2D eigenvalue weighted by atomic mass is 9.64. The van der Waals surface area contributed by atoms with Crippen molar-refractivity contribution in [3.8, 4) is 0 Å². The smallest absolute Gasteiger partial charge is 0.340 e. The number of ether oxygens (including phenoxy) is 1. The van der Waals surface area contributed by atoms with Crippen molar-refractivity contribution in [3.63, 3.8) is 0 Å². The van der Waals surface area contributed by atoms with Gasteiger partial charge in [0.15, 0.2) is 0 Å². The van der Waals surface area contributed by atoms with Crippen molar-refractivity contribution in [1.82, 2.24) is 0 Å². The molecule has 96 valence electrons. The molecule has 3 aliphatic rings. The largest absolute Gasteiger partial charge is 0.423 e. The molecule has 1 heterocycles. The van der Waals surface area contributed by atoms with Gasteiger partial charge in [-0.2, -0.15) is 0 Å². The Morgan fingerprint density at radius 1 is 1.44 bits per heavy atom. The van der Waals surface area contributed by atoms with Gasteiger partial charge in [-0.05, 0) is 43.6 Å². The summed E-state index contributed by atoms with van der Waals surface area (Å²) in [6.45, 7) is 4.45. The average Bonchev–Trinajstić information content (AvgIpc) is 2.63. The molecule has 0 spiro atoms. The van der Waals surface area contributed by atoms with E-state index in [-0.39, 0.29) is 11.4 Å². The van der Waals surface area contributed by atoms with Crippen LogP contribution in [0.3, 0.4) is 0 Å². The van der Waals surface area contributed by atoms with Crippen LogP contribution < -0.4 is 0 Å². The SMILES string of the molecule is CC1=CCCC2(C)CCC3=C(CBr)C(=O)OC3=C12. The molecule has 2 nitrogen and oxygen atoms in total. The molecule has 1 unspecified atom stereocenters. The van der Waals surface area contributed by atoms with Crippen molar-refractivity contribution in [2.45, 2.75) is 39.5 Å². The maximum atomic E-state index is 11.9. The molecule has 3 heteroatoms. The van der Waals surface area contributed by atoms with Crippen molar-refractivity contribution in [2.24, 2.45) is 5.41 Å². The van der Waals surface area contributed by atoms with Crippen molar-refractivity contribution >= 4 is 21.9 Å². The minimum absolute atomic E-state index is 0.160. The third-order valence-corrected chi connectivity index (χ3v) is 5.07. The van der Waals surface area contributed by atoms with Crippen LogP contribution in [0, 0.1) is 5.41 Å². The lowest BCUT2D eigenvalue weighted by Gasteiger charge is -2.40. The van der Waals surface area contributed by atoms with E-state index in [2.05, 4.69) is 35.9 Å². The predicted octanol–water partition coefficient (Wildman–Crippen LogP) is 4.03. The molecule has 0 saturated heterocycles. The highest BCUT2D eigenvalue weighted by Gasteiger charge is 2.43. The monoisotopic (exact) mass is 308 g/mol. The molecule has 3 rings (SSSR count). The Kier molecular flexibility index (Phi) is 2.77. The Morgan fingerprint density at radius 3 is 2.94 bits per heavy atom. The standard InChI is InChI=1S/C15H17BrO2/c1-9-4-3-6-15(2)7-5-10-11(8-16)14(17)18-13(10)12(9)15/h4H,3,5-8H2,1-2H3. The first-order chi connectivity index (χ1) is 8.57. The number of rotatable bonds is 1. The molecule has 0 radical (unpaired) electrons. The second kappa shape index (κ2) is 4.09. The summed E-state index contributed by atoms with van der Waals surface area (Å²) in [7, 11) is 0. The maximum Gasteiger partial charge on any atom is 0.340 e. The fraction of sp³-hybridized carbons (Fsp3) is 0.533. The van der Waals surface area contributed by atoms with Crippen LogP contribution in [0.5, 0.6) is 0 Å². The number of hydrogen-bond donors (Lipinski definition) is 0. The van der Waals surface area contributed by atoms with E-state index < -0.39 is 0 Å². The molecule has 0 aromatic rings. The summed E-state index contributed by atoms with van der Waals surface area (Å²) in [5, 5.41) is 0.595. The zero-order valence-electron chi connectivity index (χ0n) is 10.8. The topological polar surface area (TPSA) is 26.3 Å². The summed E-state index contributed by atoms with van der Waals surface area (Å²) in [5.41, 5.74) is 4.72. The van der Waals surface area contributed by atoms with Gasteiger partial charge in [0.2, 0.25) is 0 Å². The number of esters is 1. The summed E-state index contributed by atoms with van der Waals surface area (Å²) >= 11 is 3.40. The molecule has 0 fully saturated rings. The molecule has 1 aliphatic heterocycles. The molecule has 0 aromatic carbocycles. The van der Waals surface area contributed by atoms with E-state index >= 15 is 0 Å². The Morgan fingerprint density at radius 2 is 2.22 bits per heavy atom. The van der Waals surface area contributed by atoms with Crippen LogP contribution in [0.25, 0.3) is 0 Å². The van der Waals surface area contributed by atoms with Crippen LogP contribution in [0.4, 0.5) is 0 Å². The van der Waals surface area contributed by atoms with Gasteiger partial charge in [-0.15, -0.1) is 0 Å². The normalized spacial score (nSPS) is 31.1. The zero-order valence-corrected chi connectivity index (χ0v) is 12.4. The summed E-state index contributed by atoms with van der Waals surface area (Å²) in [6, 6.07) is 0. The van der Waals surface area contributed by atoms with E-state index in [1.165, 1.54) is 11.1 Å². The average molecular weight is 309 g/mol. The van der Waals surface area contributed by atoms with E-state index in [1.54, 1.807) is 0 Å². The highest BCUT2D eigenvalue weighted by Crippen LogP contribution is 2.53. The van der Waals surface area contributed by atoms with Gasteiger partial charge in [0.05, 0.1) is 5.57 Å². The van der Waals surface area contributed by atoms with E-state index in [9.17, 15) is 4.79 Å². The molecular formula is C15H17BrO2. The number of halogens is 1. The molecule has 18 heavy (non-hydrogen) atoms. The van der Waals surface area contributed by atoms with Gasteiger partial charge in [-0.3, -0.25) is 0 Å². The molecule has 0 aromatic heterocycles. The highest BCUT2D eigenvalue weighted by molar-refractivity contribution is 9.09. The van der Waals surface area contributed by atoms with Gasteiger partial charge in [-0.1, -0.05) is 28.9 Å². The van der Waals surface area contributed by atoms with E-state index in [4.69, 9.17) is 4.74 Å². The Hall–Kier alpha value is -0.830. The van der Waals surface area contributed by atoms with Crippen LogP contribution in [-0.2, 0) is 9.53 Å². The fourth-order valence-electron chi connectivity index (χ4n) is 3.49. The quantitative estimate of drug-likeness (QED) is 0.540. The highest BCUT2D eigenvalue weighted by atomic mass is 79.9. The molecular weight excluding hydrogens is 292 g/mol. The molecule has 0 saturated carbocycles. The van der Waals surface area contributed by atoms with E-state index in [0.29, 0.717) is 5.33 Å². The second-order valence-electron chi connectivity index (χ2n) is 5.67. The van der Waals surface area contributed by atoms with Crippen molar-refractivity contribution in [3.05, 3.63) is 34.1 Å². The predicted molar refractivity (Wildman–Crippen MR) is 74.3 cm³/mol. The summed E-state index contributed by atoms with van der Waals surface area (Å²) in [4.78, 5) is 11.9. The Balaban J connectivity index is 2.22. The third-order valence-electron chi connectivity index (χ3n) is 4.51. The van der Waals surface area contributed by atoms with Gasteiger partial charge in [0, 0.05) is 16.5 Å². The number of carbonyl (C=O) groups excluding carboxylic acids is 1. The fourth-order valence-corrected chi connectivity index (χ4v) is 4.06. The summed E-state index contributed by atoms with van der Waals surface area (Å²) < 4.78 is 5.57. The molecule has 0 bridgehead atoms. The van der Waals surface area contributed by atoms with Crippen LogP contribution in [0.2, 0.25) is 0 Å². The van der Waals surface area contributed by atoms with Crippen molar-refractivity contribution < 1.29 is 9.53 Å².